The molecule has 0 amide bonds. The average Bonchev–Trinajstić information content (AvgIpc) is 2.41. The number of benzene rings is 1. The lowest BCUT2D eigenvalue weighted by atomic mass is 10.0. The van der Waals surface area contributed by atoms with Crippen LogP contribution >= 0.6 is 0 Å². The Balaban J connectivity index is 2.54. The largest absolute Gasteiger partial charge is 0.324 e. The minimum absolute atomic E-state index is 0.328. The molecule has 1 rings (SSSR count). The minimum atomic E-state index is -0.567. The predicted octanol–water partition coefficient (Wildman–Crippen LogP) is 3.72. The summed E-state index contributed by atoms with van der Waals surface area (Å²) in [7, 11) is 0. The molecule has 2 unspecified atom stereocenters. The number of nitrogens with zero attached hydrogens (tertiary/aromatic N) is 1. The molecule has 0 saturated carbocycles. The van der Waals surface area contributed by atoms with Gasteiger partial charge in [0.1, 0.15) is 11.6 Å². The molecule has 2 nitrogen and oxygen atoms in total. The molecule has 4 heteroatoms. The lowest BCUT2D eigenvalue weighted by Crippen LogP contribution is -2.31. The SMILES string of the molecule is CCC(C)CN(CC)CCC(N)c1cc(F)cc(F)c1. The molecule has 0 aliphatic heterocycles. The van der Waals surface area contributed by atoms with Crippen LogP contribution in [-0.4, -0.2) is 24.5 Å². The van der Waals surface area contributed by atoms with Crippen LogP contribution in [0, 0.1) is 17.6 Å². The van der Waals surface area contributed by atoms with E-state index in [0.717, 1.165) is 32.1 Å². The summed E-state index contributed by atoms with van der Waals surface area (Å²) in [6.07, 6.45) is 1.85. The fourth-order valence-corrected chi connectivity index (χ4v) is 2.23. The van der Waals surface area contributed by atoms with E-state index in [1.165, 1.54) is 12.1 Å². The normalized spacial score (nSPS) is 14.6. The van der Waals surface area contributed by atoms with E-state index in [9.17, 15) is 8.78 Å². The summed E-state index contributed by atoms with van der Waals surface area (Å²) in [4.78, 5) is 2.34. The molecular weight excluding hydrogens is 258 g/mol. The first-order chi connectivity index (χ1) is 9.46. The number of rotatable bonds is 8. The smallest absolute Gasteiger partial charge is 0.126 e. The third-order valence-corrected chi connectivity index (χ3v) is 3.78. The quantitative estimate of drug-likeness (QED) is 0.788. The van der Waals surface area contributed by atoms with Crippen LogP contribution in [0.25, 0.3) is 0 Å². The van der Waals surface area contributed by atoms with E-state index in [4.69, 9.17) is 5.73 Å². The molecule has 2 atom stereocenters. The topological polar surface area (TPSA) is 29.3 Å². The zero-order valence-electron chi connectivity index (χ0n) is 12.7. The molecule has 0 aliphatic rings. The fourth-order valence-electron chi connectivity index (χ4n) is 2.23. The van der Waals surface area contributed by atoms with E-state index in [0.29, 0.717) is 17.9 Å². The zero-order chi connectivity index (χ0) is 15.1. The molecule has 0 aliphatic carbocycles. The highest BCUT2D eigenvalue weighted by Crippen LogP contribution is 2.18. The van der Waals surface area contributed by atoms with Crippen LogP contribution in [0.3, 0.4) is 0 Å². The molecule has 0 aromatic heterocycles. The van der Waals surface area contributed by atoms with Crippen LogP contribution < -0.4 is 5.73 Å². The molecule has 0 radical (unpaired) electrons. The van der Waals surface area contributed by atoms with Gasteiger partial charge >= 0.3 is 0 Å². The van der Waals surface area contributed by atoms with Gasteiger partial charge in [0.25, 0.3) is 0 Å². The van der Waals surface area contributed by atoms with Crippen molar-refractivity contribution in [3.05, 3.63) is 35.4 Å². The first-order valence-corrected chi connectivity index (χ1v) is 7.40. The summed E-state index contributed by atoms with van der Waals surface area (Å²) in [6.45, 7) is 9.38. The van der Waals surface area contributed by atoms with Crippen molar-refractivity contribution in [3.8, 4) is 0 Å². The van der Waals surface area contributed by atoms with Crippen molar-refractivity contribution in [2.75, 3.05) is 19.6 Å². The monoisotopic (exact) mass is 284 g/mol. The van der Waals surface area contributed by atoms with Gasteiger partial charge in [-0.15, -0.1) is 0 Å². The maximum Gasteiger partial charge on any atom is 0.126 e. The second kappa shape index (κ2) is 8.32. The van der Waals surface area contributed by atoms with Gasteiger partial charge in [-0.2, -0.15) is 0 Å². The molecule has 0 fully saturated rings. The summed E-state index contributed by atoms with van der Waals surface area (Å²) >= 11 is 0. The van der Waals surface area contributed by atoms with Gasteiger partial charge in [-0.3, -0.25) is 0 Å². The van der Waals surface area contributed by atoms with Crippen LogP contribution in [-0.2, 0) is 0 Å². The van der Waals surface area contributed by atoms with E-state index in [2.05, 4.69) is 25.7 Å². The number of hydrogen-bond acceptors (Lipinski definition) is 2. The highest BCUT2D eigenvalue weighted by atomic mass is 19.1. The third-order valence-electron chi connectivity index (χ3n) is 3.78. The van der Waals surface area contributed by atoms with Crippen molar-refractivity contribution < 1.29 is 8.78 Å². The van der Waals surface area contributed by atoms with Crippen molar-refractivity contribution in [1.82, 2.24) is 4.90 Å². The molecule has 2 N–H and O–H groups in total. The maximum atomic E-state index is 13.2. The fraction of sp³-hybridized carbons (Fsp3) is 0.625. The molecule has 0 heterocycles. The lowest BCUT2D eigenvalue weighted by Gasteiger charge is -2.25. The van der Waals surface area contributed by atoms with Gasteiger partial charge in [0.15, 0.2) is 0 Å². The van der Waals surface area contributed by atoms with Gasteiger partial charge in [-0.1, -0.05) is 27.2 Å². The van der Waals surface area contributed by atoms with Gasteiger partial charge in [0.2, 0.25) is 0 Å². The highest BCUT2D eigenvalue weighted by Gasteiger charge is 2.12. The Bertz CT molecular complexity index is 389. The van der Waals surface area contributed by atoms with Crippen molar-refractivity contribution in [1.29, 1.82) is 0 Å². The van der Waals surface area contributed by atoms with Crippen molar-refractivity contribution in [2.45, 2.75) is 39.7 Å². The summed E-state index contributed by atoms with van der Waals surface area (Å²) in [6, 6.07) is 3.18. The van der Waals surface area contributed by atoms with E-state index in [1.807, 2.05) is 0 Å². The summed E-state index contributed by atoms with van der Waals surface area (Å²) in [5.74, 6) is -0.484. The van der Waals surface area contributed by atoms with E-state index >= 15 is 0 Å². The van der Waals surface area contributed by atoms with Crippen LogP contribution in [0.4, 0.5) is 8.78 Å². The Kier molecular flexibility index (Phi) is 7.10. The van der Waals surface area contributed by atoms with E-state index in [-0.39, 0.29) is 6.04 Å². The Labute approximate surface area is 121 Å². The Morgan fingerprint density at radius 3 is 2.25 bits per heavy atom. The molecular formula is C16H26F2N2. The molecule has 0 bridgehead atoms. The van der Waals surface area contributed by atoms with Crippen LogP contribution in [0.15, 0.2) is 18.2 Å². The minimum Gasteiger partial charge on any atom is -0.324 e. The lowest BCUT2D eigenvalue weighted by molar-refractivity contribution is 0.237. The maximum absolute atomic E-state index is 13.2. The van der Waals surface area contributed by atoms with Gasteiger partial charge in [-0.25, -0.2) is 8.78 Å². The Morgan fingerprint density at radius 2 is 1.75 bits per heavy atom. The van der Waals surface area contributed by atoms with Crippen molar-refractivity contribution in [2.24, 2.45) is 11.7 Å². The standard InChI is InChI=1S/C16H26F2N2/c1-4-12(3)11-20(5-2)7-6-16(19)13-8-14(17)10-15(18)9-13/h8-10,12,16H,4-7,11,19H2,1-3H3. The molecule has 20 heavy (non-hydrogen) atoms. The van der Waals surface area contributed by atoms with Gasteiger partial charge < -0.3 is 10.6 Å². The second-order valence-corrected chi connectivity index (χ2v) is 5.50. The van der Waals surface area contributed by atoms with Gasteiger partial charge in [-0.05, 0) is 43.1 Å². The molecule has 114 valence electrons. The second-order valence-electron chi connectivity index (χ2n) is 5.50. The van der Waals surface area contributed by atoms with E-state index in [1.54, 1.807) is 0 Å². The average molecular weight is 284 g/mol. The van der Waals surface area contributed by atoms with Gasteiger partial charge in [0, 0.05) is 18.7 Å². The van der Waals surface area contributed by atoms with Crippen LogP contribution in [0.2, 0.25) is 0 Å². The highest BCUT2D eigenvalue weighted by molar-refractivity contribution is 5.21. The molecule has 1 aromatic carbocycles. The molecule has 0 spiro atoms. The van der Waals surface area contributed by atoms with E-state index < -0.39 is 11.6 Å². The number of hydrogen-bond donors (Lipinski definition) is 1. The summed E-state index contributed by atoms with van der Waals surface area (Å²) in [5, 5.41) is 0. The van der Waals surface area contributed by atoms with Crippen LogP contribution in [0.5, 0.6) is 0 Å². The molecule has 0 saturated heterocycles. The zero-order valence-corrected chi connectivity index (χ0v) is 12.7. The predicted molar refractivity (Wildman–Crippen MR) is 79.5 cm³/mol. The van der Waals surface area contributed by atoms with Crippen LogP contribution in [0.1, 0.15) is 45.2 Å². The Hall–Kier alpha value is -1.00. The molecule has 1 aromatic rings. The number of halogens is 2. The van der Waals surface area contributed by atoms with Gasteiger partial charge in [0.05, 0.1) is 0 Å². The third kappa shape index (κ3) is 5.55. The summed E-state index contributed by atoms with van der Waals surface area (Å²) in [5.41, 5.74) is 6.57. The first-order valence-electron chi connectivity index (χ1n) is 7.40. The first kappa shape index (κ1) is 17.1. The Morgan fingerprint density at radius 1 is 1.15 bits per heavy atom. The van der Waals surface area contributed by atoms with Crippen molar-refractivity contribution in [3.63, 3.8) is 0 Å². The van der Waals surface area contributed by atoms with Crippen molar-refractivity contribution >= 4 is 0 Å². The number of nitrogens with two attached hydrogens (primary N) is 1. The summed E-state index contributed by atoms with van der Waals surface area (Å²) < 4.78 is 26.3.